The Morgan fingerprint density at radius 2 is 2.13 bits per heavy atom. The second kappa shape index (κ2) is 7.12. The van der Waals surface area contributed by atoms with Crippen LogP contribution in [0.3, 0.4) is 0 Å². The van der Waals surface area contributed by atoms with Gasteiger partial charge in [-0.15, -0.1) is 0 Å². The van der Waals surface area contributed by atoms with E-state index in [1.165, 1.54) is 13.3 Å². The molecule has 7 nitrogen and oxygen atoms in total. The van der Waals surface area contributed by atoms with E-state index < -0.39 is 5.97 Å². The van der Waals surface area contributed by atoms with Crippen molar-refractivity contribution in [3.05, 3.63) is 11.8 Å². The third kappa shape index (κ3) is 5.06. The van der Waals surface area contributed by atoms with Gasteiger partial charge in [-0.25, -0.2) is 9.78 Å². The number of esters is 1. The van der Waals surface area contributed by atoms with Gasteiger partial charge in [0.2, 0.25) is 5.95 Å². The zero-order valence-electron chi connectivity index (χ0n) is 14.2. The van der Waals surface area contributed by atoms with Crippen LogP contribution in [0, 0.1) is 0 Å². The van der Waals surface area contributed by atoms with Crippen LogP contribution in [0.2, 0.25) is 0 Å². The molecule has 0 spiro atoms. The van der Waals surface area contributed by atoms with Gasteiger partial charge in [0.05, 0.1) is 13.2 Å². The molecular weight excluding hydrogens is 296 g/mol. The van der Waals surface area contributed by atoms with E-state index in [1.807, 2.05) is 20.8 Å². The van der Waals surface area contributed by atoms with Crippen LogP contribution in [0.25, 0.3) is 0 Å². The first-order chi connectivity index (χ1) is 10.8. The number of nitrogens with one attached hydrogen (secondary N) is 2. The zero-order valence-corrected chi connectivity index (χ0v) is 14.2. The lowest BCUT2D eigenvalue weighted by Gasteiger charge is -2.28. The molecule has 0 saturated heterocycles. The van der Waals surface area contributed by atoms with Crippen molar-refractivity contribution in [1.29, 1.82) is 0 Å². The summed E-state index contributed by atoms with van der Waals surface area (Å²) in [6.45, 7) is 6.03. The Kier molecular flexibility index (Phi) is 5.41. The molecule has 1 unspecified atom stereocenters. The predicted molar refractivity (Wildman–Crippen MR) is 88.6 cm³/mol. The first kappa shape index (κ1) is 17.5. The van der Waals surface area contributed by atoms with Crippen LogP contribution in [0.5, 0.6) is 0 Å². The van der Waals surface area contributed by atoms with Crippen molar-refractivity contribution in [2.45, 2.75) is 64.1 Å². The maximum absolute atomic E-state index is 11.9. The summed E-state index contributed by atoms with van der Waals surface area (Å²) in [5.74, 6) is 0.410. The number of anilines is 2. The van der Waals surface area contributed by atoms with E-state index >= 15 is 0 Å². The molecule has 1 heterocycles. The highest BCUT2D eigenvalue weighted by molar-refractivity contribution is 5.94. The summed E-state index contributed by atoms with van der Waals surface area (Å²) in [6.07, 6.45) is 4.51. The van der Waals surface area contributed by atoms with Gasteiger partial charge in [0.15, 0.2) is 0 Å². The van der Waals surface area contributed by atoms with E-state index in [0.29, 0.717) is 23.8 Å². The van der Waals surface area contributed by atoms with Gasteiger partial charge in [-0.2, -0.15) is 4.98 Å². The normalized spacial score (nSPS) is 21.6. The predicted octanol–water partition coefficient (Wildman–Crippen LogP) is 2.19. The first-order valence-electron chi connectivity index (χ1n) is 7.96. The molecule has 1 aromatic rings. The first-order valence-corrected chi connectivity index (χ1v) is 7.96. The molecule has 23 heavy (non-hydrogen) atoms. The average Bonchev–Trinajstić information content (AvgIpc) is 2.45. The van der Waals surface area contributed by atoms with E-state index in [-0.39, 0.29) is 17.7 Å². The Labute approximate surface area is 136 Å². The third-order valence-electron chi connectivity index (χ3n) is 3.67. The topological polar surface area (TPSA) is 96.4 Å². The Bertz CT molecular complexity index is 557. The molecular formula is C16H26N4O3. The highest BCUT2D eigenvalue weighted by Crippen LogP contribution is 2.24. The van der Waals surface area contributed by atoms with Crippen LogP contribution in [0.1, 0.15) is 56.8 Å². The van der Waals surface area contributed by atoms with Crippen molar-refractivity contribution in [2.24, 2.45) is 0 Å². The van der Waals surface area contributed by atoms with Crippen LogP contribution in [-0.2, 0) is 4.74 Å². The largest absolute Gasteiger partial charge is 0.465 e. The number of nitrogens with zero attached hydrogens (tertiary/aromatic N) is 2. The molecule has 1 aromatic heterocycles. The van der Waals surface area contributed by atoms with Gasteiger partial charge in [-0.1, -0.05) is 0 Å². The minimum Gasteiger partial charge on any atom is -0.465 e. The van der Waals surface area contributed by atoms with E-state index in [0.717, 1.165) is 19.3 Å². The van der Waals surface area contributed by atoms with Crippen LogP contribution >= 0.6 is 0 Å². The molecule has 0 aromatic carbocycles. The highest BCUT2D eigenvalue weighted by Gasteiger charge is 2.24. The van der Waals surface area contributed by atoms with Crippen LogP contribution in [0.4, 0.5) is 11.8 Å². The lowest BCUT2D eigenvalue weighted by atomic mass is 9.93. The fourth-order valence-corrected chi connectivity index (χ4v) is 2.64. The van der Waals surface area contributed by atoms with Gasteiger partial charge >= 0.3 is 5.97 Å². The van der Waals surface area contributed by atoms with Crippen molar-refractivity contribution >= 4 is 17.7 Å². The zero-order chi connectivity index (χ0) is 17.0. The summed E-state index contributed by atoms with van der Waals surface area (Å²) in [4.78, 5) is 20.5. The Hall–Kier alpha value is -1.89. The Balaban J connectivity index is 2.24. The number of ether oxygens (including phenoxy) is 1. The van der Waals surface area contributed by atoms with Gasteiger partial charge in [0.25, 0.3) is 0 Å². The number of aliphatic hydroxyl groups is 1. The summed E-state index contributed by atoms with van der Waals surface area (Å²) < 4.78 is 4.80. The van der Waals surface area contributed by atoms with Crippen molar-refractivity contribution in [3.8, 4) is 0 Å². The minimum atomic E-state index is -0.480. The summed E-state index contributed by atoms with van der Waals surface area (Å²) >= 11 is 0. The highest BCUT2D eigenvalue weighted by atomic mass is 16.5. The van der Waals surface area contributed by atoms with E-state index in [4.69, 9.17) is 4.74 Å². The molecule has 128 valence electrons. The van der Waals surface area contributed by atoms with Gasteiger partial charge < -0.3 is 20.5 Å². The molecule has 2 rings (SSSR count). The average molecular weight is 322 g/mol. The summed E-state index contributed by atoms with van der Waals surface area (Å²) in [6, 6.07) is 0.0829. The van der Waals surface area contributed by atoms with Gasteiger partial charge in [0.1, 0.15) is 11.4 Å². The summed E-state index contributed by atoms with van der Waals surface area (Å²) in [5, 5.41) is 16.3. The molecule has 0 amide bonds. The molecule has 1 aliphatic rings. The SMILES string of the molecule is COC(=O)c1cnc(NC(C)(C)C)nc1NC1CCC[C@H](O)C1. The fraction of sp³-hybridized carbons (Fsp3) is 0.688. The van der Waals surface area contributed by atoms with Gasteiger partial charge in [0, 0.05) is 17.8 Å². The molecule has 1 fully saturated rings. The van der Waals surface area contributed by atoms with Gasteiger partial charge in [-0.05, 0) is 46.5 Å². The second-order valence-corrected chi connectivity index (χ2v) is 6.98. The molecule has 3 N–H and O–H groups in total. The van der Waals surface area contributed by atoms with E-state index in [9.17, 15) is 9.90 Å². The Morgan fingerprint density at radius 3 is 2.74 bits per heavy atom. The van der Waals surface area contributed by atoms with E-state index in [2.05, 4.69) is 20.6 Å². The molecule has 1 aliphatic carbocycles. The second-order valence-electron chi connectivity index (χ2n) is 6.98. The molecule has 0 radical (unpaired) electrons. The number of aromatic nitrogens is 2. The third-order valence-corrected chi connectivity index (χ3v) is 3.67. The van der Waals surface area contributed by atoms with E-state index in [1.54, 1.807) is 0 Å². The summed E-state index contributed by atoms with van der Waals surface area (Å²) in [5.41, 5.74) is 0.109. The van der Waals surface area contributed by atoms with Crippen molar-refractivity contribution in [1.82, 2.24) is 9.97 Å². The Morgan fingerprint density at radius 1 is 1.39 bits per heavy atom. The smallest absolute Gasteiger partial charge is 0.343 e. The van der Waals surface area contributed by atoms with Crippen LogP contribution in [0.15, 0.2) is 6.20 Å². The van der Waals surface area contributed by atoms with Gasteiger partial charge in [-0.3, -0.25) is 0 Å². The molecule has 7 heteroatoms. The van der Waals surface area contributed by atoms with Crippen molar-refractivity contribution < 1.29 is 14.6 Å². The number of carbonyl (C=O) groups excluding carboxylic acids is 1. The minimum absolute atomic E-state index is 0.0829. The molecule has 0 bridgehead atoms. The number of hydrogen-bond acceptors (Lipinski definition) is 7. The lowest BCUT2D eigenvalue weighted by Crippen LogP contribution is -2.32. The molecule has 1 saturated carbocycles. The monoisotopic (exact) mass is 322 g/mol. The maximum Gasteiger partial charge on any atom is 0.343 e. The number of aliphatic hydroxyl groups excluding tert-OH is 1. The summed E-state index contributed by atoms with van der Waals surface area (Å²) in [7, 11) is 1.33. The lowest BCUT2D eigenvalue weighted by molar-refractivity contribution is 0.0601. The number of rotatable bonds is 4. The fourth-order valence-electron chi connectivity index (χ4n) is 2.64. The molecule has 2 atom stereocenters. The quantitative estimate of drug-likeness (QED) is 0.731. The maximum atomic E-state index is 11.9. The van der Waals surface area contributed by atoms with Crippen LogP contribution in [-0.4, -0.2) is 45.8 Å². The number of methoxy groups -OCH3 is 1. The van der Waals surface area contributed by atoms with Crippen molar-refractivity contribution in [3.63, 3.8) is 0 Å². The standard InChI is InChI=1S/C16H26N4O3/c1-16(2,3)20-15-17-9-12(14(22)23-4)13(19-15)18-10-6-5-7-11(21)8-10/h9-11,21H,5-8H2,1-4H3,(H2,17,18,19,20)/t10?,11-/m0/s1. The van der Waals surface area contributed by atoms with Crippen molar-refractivity contribution in [2.75, 3.05) is 17.7 Å². The number of hydrogen-bond donors (Lipinski definition) is 3. The van der Waals surface area contributed by atoms with Crippen LogP contribution < -0.4 is 10.6 Å². The number of carbonyl (C=O) groups is 1. The molecule has 0 aliphatic heterocycles.